The van der Waals surface area contributed by atoms with Gasteiger partial charge in [-0.05, 0) is 12.1 Å². The van der Waals surface area contributed by atoms with Crippen LogP contribution in [0.4, 0.5) is 26.3 Å². The molecule has 1 N–H and O–H groups in total. The average molecular weight is 265 g/mol. The van der Waals surface area contributed by atoms with E-state index in [0.29, 0.717) is 0 Å². The predicted molar refractivity (Wildman–Crippen MR) is 43.1 cm³/mol. The van der Waals surface area contributed by atoms with Crippen molar-refractivity contribution in [3.05, 3.63) is 28.3 Å². The largest absolute Gasteiger partial charge is 0.506 e. The maximum atomic E-state index is 12.2. The number of rotatable bonds is 0. The molecular weight excluding hydrogens is 262 g/mol. The standard InChI is InChI=1S/C8H3ClF6O/c9-5-3(7(10,11)12)1-2-4(6(5)16)8(13,14)15/h1-2,16H. The van der Waals surface area contributed by atoms with Gasteiger partial charge in [0, 0.05) is 0 Å². The highest BCUT2D eigenvalue weighted by Gasteiger charge is 2.40. The quantitative estimate of drug-likeness (QED) is 0.700. The highest BCUT2D eigenvalue weighted by atomic mass is 35.5. The lowest BCUT2D eigenvalue weighted by Gasteiger charge is -2.14. The van der Waals surface area contributed by atoms with Crippen molar-refractivity contribution in [2.24, 2.45) is 0 Å². The molecule has 0 saturated heterocycles. The summed E-state index contributed by atoms with van der Waals surface area (Å²) in [5.41, 5.74) is -3.12. The molecule has 8 heteroatoms. The van der Waals surface area contributed by atoms with Crippen molar-refractivity contribution in [3.8, 4) is 5.75 Å². The second-order valence-electron chi connectivity index (χ2n) is 2.82. The van der Waals surface area contributed by atoms with E-state index >= 15 is 0 Å². The Morgan fingerprint density at radius 3 is 1.62 bits per heavy atom. The van der Waals surface area contributed by atoms with Crippen LogP contribution in [-0.4, -0.2) is 5.11 Å². The summed E-state index contributed by atoms with van der Waals surface area (Å²) in [6.45, 7) is 0. The van der Waals surface area contributed by atoms with Gasteiger partial charge < -0.3 is 5.11 Å². The van der Waals surface area contributed by atoms with E-state index in [2.05, 4.69) is 0 Å². The third kappa shape index (κ3) is 2.34. The highest BCUT2D eigenvalue weighted by Crippen LogP contribution is 2.45. The molecule has 0 aliphatic carbocycles. The van der Waals surface area contributed by atoms with Crippen LogP contribution in [0.5, 0.6) is 5.75 Å². The first kappa shape index (κ1) is 13.0. The third-order valence-electron chi connectivity index (χ3n) is 1.73. The van der Waals surface area contributed by atoms with Crippen LogP contribution in [0.1, 0.15) is 11.1 Å². The minimum absolute atomic E-state index is 0.129. The summed E-state index contributed by atoms with van der Waals surface area (Å²) in [4.78, 5) is 0. The molecule has 1 nitrogen and oxygen atoms in total. The van der Waals surface area contributed by atoms with E-state index in [0.717, 1.165) is 0 Å². The van der Waals surface area contributed by atoms with Gasteiger partial charge in [-0.25, -0.2) is 0 Å². The summed E-state index contributed by atoms with van der Waals surface area (Å²) in [5.74, 6) is -1.62. The number of aromatic hydroxyl groups is 1. The Kier molecular flexibility index (Phi) is 3.02. The van der Waals surface area contributed by atoms with Crippen molar-refractivity contribution in [2.75, 3.05) is 0 Å². The monoisotopic (exact) mass is 264 g/mol. The van der Waals surface area contributed by atoms with Crippen molar-refractivity contribution in [3.63, 3.8) is 0 Å². The summed E-state index contributed by atoms with van der Waals surface area (Å²) >= 11 is 5.02. The molecule has 0 aliphatic rings. The molecule has 0 heterocycles. The topological polar surface area (TPSA) is 20.2 Å². The van der Waals surface area contributed by atoms with E-state index in [1.54, 1.807) is 0 Å². The first-order valence-corrected chi connectivity index (χ1v) is 4.09. The molecule has 1 aromatic carbocycles. The number of hydrogen-bond acceptors (Lipinski definition) is 1. The molecule has 0 aliphatic heterocycles. The number of benzene rings is 1. The lowest BCUT2D eigenvalue weighted by atomic mass is 10.1. The van der Waals surface area contributed by atoms with Crippen LogP contribution in [0.2, 0.25) is 5.02 Å². The maximum Gasteiger partial charge on any atom is 0.420 e. The molecule has 0 radical (unpaired) electrons. The molecular formula is C8H3ClF6O. The Morgan fingerprint density at radius 1 is 0.875 bits per heavy atom. The minimum Gasteiger partial charge on any atom is -0.506 e. The number of alkyl halides is 6. The van der Waals surface area contributed by atoms with Gasteiger partial charge in [0.2, 0.25) is 0 Å². The van der Waals surface area contributed by atoms with Crippen LogP contribution in [0.25, 0.3) is 0 Å². The summed E-state index contributed by atoms with van der Waals surface area (Å²) in [6, 6.07) is 0.301. The molecule has 90 valence electrons. The first-order chi connectivity index (χ1) is 7.05. The number of halogens is 7. The van der Waals surface area contributed by atoms with Crippen LogP contribution < -0.4 is 0 Å². The zero-order chi connectivity index (χ0) is 12.7. The molecule has 0 bridgehead atoms. The molecule has 1 rings (SSSR count). The van der Waals surface area contributed by atoms with E-state index in [1.165, 1.54) is 0 Å². The zero-order valence-electron chi connectivity index (χ0n) is 7.25. The Morgan fingerprint density at radius 2 is 1.25 bits per heavy atom. The summed E-state index contributed by atoms with van der Waals surface area (Å²) in [7, 11) is 0. The number of phenols is 1. The van der Waals surface area contributed by atoms with E-state index in [-0.39, 0.29) is 12.1 Å². The zero-order valence-corrected chi connectivity index (χ0v) is 8.00. The van der Waals surface area contributed by atoms with Crippen molar-refractivity contribution in [1.29, 1.82) is 0 Å². The van der Waals surface area contributed by atoms with Gasteiger partial charge >= 0.3 is 12.4 Å². The minimum atomic E-state index is -4.96. The van der Waals surface area contributed by atoms with Gasteiger partial charge in [-0.15, -0.1) is 0 Å². The molecule has 0 aromatic heterocycles. The summed E-state index contributed by atoms with van der Waals surface area (Å²) in [6.07, 6.45) is -9.88. The van der Waals surface area contributed by atoms with Crippen molar-refractivity contribution in [2.45, 2.75) is 12.4 Å². The Balaban J connectivity index is 3.41. The van der Waals surface area contributed by atoms with Crippen molar-refractivity contribution >= 4 is 11.6 Å². The van der Waals surface area contributed by atoms with E-state index in [9.17, 15) is 26.3 Å². The van der Waals surface area contributed by atoms with Gasteiger partial charge in [0.05, 0.1) is 16.1 Å². The van der Waals surface area contributed by atoms with Crippen LogP contribution in [0.3, 0.4) is 0 Å². The Hall–Kier alpha value is -1.11. The fourth-order valence-corrected chi connectivity index (χ4v) is 1.28. The first-order valence-electron chi connectivity index (χ1n) is 3.71. The van der Waals surface area contributed by atoms with Crippen molar-refractivity contribution < 1.29 is 31.4 Å². The number of hydrogen-bond donors (Lipinski definition) is 1. The second kappa shape index (κ2) is 3.73. The van der Waals surface area contributed by atoms with Crippen LogP contribution in [0, 0.1) is 0 Å². The maximum absolute atomic E-state index is 12.2. The molecule has 0 fully saturated rings. The van der Waals surface area contributed by atoms with Crippen LogP contribution in [-0.2, 0) is 12.4 Å². The molecule has 1 aromatic rings. The van der Waals surface area contributed by atoms with Gasteiger partial charge in [0.1, 0.15) is 5.75 Å². The molecule has 16 heavy (non-hydrogen) atoms. The van der Waals surface area contributed by atoms with Gasteiger partial charge in [0.15, 0.2) is 0 Å². The van der Waals surface area contributed by atoms with Gasteiger partial charge in [-0.1, -0.05) is 11.6 Å². The average Bonchev–Trinajstić information content (AvgIpc) is 2.05. The second-order valence-corrected chi connectivity index (χ2v) is 3.20. The number of phenolic OH excluding ortho intramolecular Hbond substituents is 1. The fourth-order valence-electron chi connectivity index (χ4n) is 1.01. The van der Waals surface area contributed by atoms with Crippen LogP contribution >= 0.6 is 11.6 Å². The smallest absolute Gasteiger partial charge is 0.420 e. The van der Waals surface area contributed by atoms with Gasteiger partial charge in [-0.2, -0.15) is 26.3 Å². The predicted octanol–water partition coefficient (Wildman–Crippen LogP) is 4.08. The normalized spacial score (nSPS) is 12.9. The molecule has 0 saturated carbocycles. The van der Waals surface area contributed by atoms with Crippen LogP contribution in [0.15, 0.2) is 12.1 Å². The fraction of sp³-hybridized carbons (Fsp3) is 0.250. The van der Waals surface area contributed by atoms with E-state index in [4.69, 9.17) is 16.7 Å². The van der Waals surface area contributed by atoms with Gasteiger partial charge in [-0.3, -0.25) is 0 Å². The third-order valence-corrected chi connectivity index (χ3v) is 2.11. The van der Waals surface area contributed by atoms with E-state index in [1.807, 2.05) is 0 Å². The lowest BCUT2D eigenvalue weighted by Crippen LogP contribution is -2.10. The molecule has 0 amide bonds. The van der Waals surface area contributed by atoms with Crippen molar-refractivity contribution in [1.82, 2.24) is 0 Å². The summed E-state index contributed by atoms with van der Waals surface area (Å²) in [5, 5.41) is 7.57. The highest BCUT2D eigenvalue weighted by molar-refractivity contribution is 6.33. The van der Waals surface area contributed by atoms with Gasteiger partial charge in [0.25, 0.3) is 0 Å². The summed E-state index contributed by atoms with van der Waals surface area (Å²) < 4.78 is 73.0. The molecule has 0 unspecified atom stereocenters. The SMILES string of the molecule is Oc1c(C(F)(F)F)ccc(C(F)(F)F)c1Cl. The lowest BCUT2D eigenvalue weighted by molar-refractivity contribution is -0.142. The van der Waals surface area contributed by atoms with E-state index < -0.39 is 34.3 Å². The molecule has 0 atom stereocenters. The Bertz CT molecular complexity index is 369. The Labute approximate surface area is 90.3 Å². The molecule has 0 spiro atoms.